The predicted octanol–water partition coefficient (Wildman–Crippen LogP) is 2.81. The number of methoxy groups -OCH3 is 3. The van der Waals surface area contributed by atoms with Gasteiger partial charge >= 0.3 is 0 Å². The zero-order valence-corrected chi connectivity index (χ0v) is 18.0. The Balaban J connectivity index is 1.84. The van der Waals surface area contributed by atoms with Gasteiger partial charge < -0.3 is 24.4 Å². The van der Waals surface area contributed by atoms with Crippen molar-refractivity contribution in [2.24, 2.45) is 0 Å². The first-order chi connectivity index (χ1) is 14.5. The number of rotatable bonds is 7. The van der Waals surface area contributed by atoms with Crippen molar-refractivity contribution in [3.05, 3.63) is 53.1 Å². The number of fused-ring (bicyclic) bond motifs is 1. The fraction of sp³-hybridized carbons (Fsp3) is 0.364. The van der Waals surface area contributed by atoms with Gasteiger partial charge in [0.25, 0.3) is 5.91 Å². The molecule has 2 amide bonds. The van der Waals surface area contributed by atoms with Gasteiger partial charge in [-0.05, 0) is 29.7 Å². The minimum atomic E-state index is -0.310. The van der Waals surface area contributed by atoms with Gasteiger partial charge in [0.1, 0.15) is 5.88 Å². The number of amides is 2. The lowest BCUT2D eigenvalue weighted by Gasteiger charge is -2.37. The molecule has 8 heteroatoms. The van der Waals surface area contributed by atoms with Crippen molar-refractivity contribution in [1.29, 1.82) is 0 Å². The summed E-state index contributed by atoms with van der Waals surface area (Å²) < 4.78 is 15.9. The second-order valence-electron chi connectivity index (χ2n) is 6.81. The van der Waals surface area contributed by atoms with E-state index in [0.717, 1.165) is 12.0 Å². The van der Waals surface area contributed by atoms with Gasteiger partial charge in [0.15, 0.2) is 11.5 Å². The first-order valence-corrected chi connectivity index (χ1v) is 10.1. The molecule has 1 heterocycles. The van der Waals surface area contributed by atoms with Crippen LogP contribution in [-0.4, -0.2) is 57.0 Å². The summed E-state index contributed by atoms with van der Waals surface area (Å²) in [6, 6.07) is 10.8. The van der Waals surface area contributed by atoms with E-state index >= 15 is 0 Å². The van der Waals surface area contributed by atoms with Crippen molar-refractivity contribution in [2.75, 3.05) is 40.3 Å². The Bertz CT molecular complexity index is 908. The first-order valence-electron chi connectivity index (χ1n) is 9.55. The van der Waals surface area contributed by atoms with E-state index in [1.54, 1.807) is 17.0 Å². The SMILES string of the molecule is COc1cc(C(=O)NCC2c3ccccc3CCN2C(=O)CCl)cc(OC)c1OC. The number of hydrogen-bond acceptors (Lipinski definition) is 5. The average molecular weight is 433 g/mol. The largest absolute Gasteiger partial charge is 0.493 e. The van der Waals surface area contributed by atoms with E-state index in [1.807, 2.05) is 24.3 Å². The van der Waals surface area contributed by atoms with E-state index in [4.69, 9.17) is 25.8 Å². The van der Waals surface area contributed by atoms with E-state index in [0.29, 0.717) is 29.4 Å². The van der Waals surface area contributed by atoms with Crippen molar-refractivity contribution in [3.63, 3.8) is 0 Å². The number of carbonyl (C=O) groups is 2. The topological polar surface area (TPSA) is 77.1 Å². The molecule has 0 radical (unpaired) electrons. The Morgan fingerprint density at radius 2 is 1.77 bits per heavy atom. The number of hydrogen-bond donors (Lipinski definition) is 1. The third-order valence-electron chi connectivity index (χ3n) is 5.23. The molecule has 30 heavy (non-hydrogen) atoms. The zero-order valence-electron chi connectivity index (χ0n) is 17.2. The van der Waals surface area contributed by atoms with E-state index < -0.39 is 0 Å². The molecule has 0 saturated carbocycles. The molecule has 1 aliphatic heterocycles. The Morgan fingerprint density at radius 1 is 1.10 bits per heavy atom. The van der Waals surface area contributed by atoms with Crippen LogP contribution in [0.4, 0.5) is 0 Å². The molecular weight excluding hydrogens is 408 g/mol. The number of benzene rings is 2. The van der Waals surface area contributed by atoms with Crippen molar-refractivity contribution in [2.45, 2.75) is 12.5 Å². The van der Waals surface area contributed by atoms with Crippen LogP contribution in [0.2, 0.25) is 0 Å². The normalized spacial score (nSPS) is 15.2. The van der Waals surface area contributed by atoms with Crippen LogP contribution in [0.15, 0.2) is 36.4 Å². The molecule has 0 spiro atoms. The number of nitrogens with zero attached hydrogens (tertiary/aromatic N) is 1. The molecule has 2 aromatic rings. The molecule has 0 aliphatic carbocycles. The first kappa shape index (κ1) is 21.8. The summed E-state index contributed by atoms with van der Waals surface area (Å²) in [6.07, 6.45) is 0.760. The highest BCUT2D eigenvalue weighted by atomic mass is 35.5. The fourth-order valence-electron chi connectivity index (χ4n) is 3.75. The maximum absolute atomic E-state index is 12.9. The third-order valence-corrected chi connectivity index (χ3v) is 5.46. The second-order valence-corrected chi connectivity index (χ2v) is 7.08. The quantitative estimate of drug-likeness (QED) is 0.681. The summed E-state index contributed by atoms with van der Waals surface area (Å²) in [5.74, 6) is 0.637. The molecule has 0 fully saturated rings. The highest BCUT2D eigenvalue weighted by Gasteiger charge is 2.30. The van der Waals surface area contributed by atoms with E-state index in [-0.39, 0.29) is 30.3 Å². The van der Waals surface area contributed by atoms with Crippen molar-refractivity contribution in [1.82, 2.24) is 10.2 Å². The molecule has 1 atom stereocenters. The Hall–Kier alpha value is -2.93. The lowest BCUT2D eigenvalue weighted by Crippen LogP contribution is -2.45. The van der Waals surface area contributed by atoms with Gasteiger partial charge in [0, 0.05) is 18.7 Å². The Labute approximate surface area is 180 Å². The van der Waals surface area contributed by atoms with Gasteiger partial charge in [-0.3, -0.25) is 9.59 Å². The van der Waals surface area contributed by atoms with Gasteiger partial charge in [-0.15, -0.1) is 11.6 Å². The van der Waals surface area contributed by atoms with Gasteiger partial charge in [-0.2, -0.15) is 0 Å². The maximum Gasteiger partial charge on any atom is 0.251 e. The lowest BCUT2D eigenvalue weighted by atomic mass is 9.92. The summed E-state index contributed by atoms with van der Waals surface area (Å²) >= 11 is 5.81. The highest BCUT2D eigenvalue weighted by molar-refractivity contribution is 6.27. The molecule has 160 valence electrons. The molecule has 3 rings (SSSR count). The van der Waals surface area contributed by atoms with Crippen molar-refractivity contribution in [3.8, 4) is 17.2 Å². The van der Waals surface area contributed by atoms with E-state index in [2.05, 4.69) is 5.32 Å². The van der Waals surface area contributed by atoms with Crippen LogP contribution in [0.1, 0.15) is 27.5 Å². The molecule has 1 unspecified atom stereocenters. The summed E-state index contributed by atoms with van der Waals surface area (Å²) in [5.41, 5.74) is 2.55. The highest BCUT2D eigenvalue weighted by Crippen LogP contribution is 2.38. The second kappa shape index (κ2) is 9.71. The van der Waals surface area contributed by atoms with Crippen LogP contribution >= 0.6 is 11.6 Å². The number of alkyl halides is 1. The lowest BCUT2D eigenvalue weighted by molar-refractivity contribution is -0.131. The molecule has 1 N–H and O–H groups in total. The van der Waals surface area contributed by atoms with Gasteiger partial charge in [-0.25, -0.2) is 0 Å². The van der Waals surface area contributed by atoms with Crippen LogP contribution < -0.4 is 19.5 Å². The van der Waals surface area contributed by atoms with Crippen LogP contribution in [0.25, 0.3) is 0 Å². The number of carbonyl (C=O) groups excluding carboxylic acids is 2. The minimum absolute atomic E-state index is 0.0977. The van der Waals surface area contributed by atoms with E-state index in [1.165, 1.54) is 26.9 Å². The Morgan fingerprint density at radius 3 is 2.37 bits per heavy atom. The molecule has 0 saturated heterocycles. The summed E-state index contributed by atoms with van der Waals surface area (Å²) in [4.78, 5) is 27.0. The molecule has 7 nitrogen and oxygen atoms in total. The number of ether oxygens (including phenoxy) is 3. The van der Waals surface area contributed by atoms with Gasteiger partial charge in [0.2, 0.25) is 11.7 Å². The van der Waals surface area contributed by atoms with Crippen molar-refractivity contribution >= 4 is 23.4 Å². The molecule has 0 aromatic heterocycles. The molecule has 0 bridgehead atoms. The maximum atomic E-state index is 12.9. The molecule has 2 aromatic carbocycles. The van der Waals surface area contributed by atoms with Gasteiger partial charge in [-0.1, -0.05) is 24.3 Å². The predicted molar refractivity (Wildman–Crippen MR) is 114 cm³/mol. The molecular formula is C22H25ClN2O5. The summed E-state index contributed by atoms with van der Waals surface area (Å²) in [5, 5.41) is 2.93. The standard InChI is InChI=1S/C22H25ClN2O5/c1-28-18-10-15(11-19(29-2)21(18)30-3)22(27)24-13-17-16-7-5-4-6-14(16)8-9-25(17)20(26)12-23/h4-7,10-11,17H,8-9,12-13H2,1-3H3,(H,24,27). The number of nitrogens with one attached hydrogen (secondary N) is 1. The fourth-order valence-corrected chi connectivity index (χ4v) is 3.90. The van der Waals surface area contributed by atoms with Crippen LogP contribution in [0, 0.1) is 0 Å². The van der Waals surface area contributed by atoms with Crippen molar-refractivity contribution < 1.29 is 23.8 Å². The monoisotopic (exact) mass is 432 g/mol. The minimum Gasteiger partial charge on any atom is -0.493 e. The van der Waals surface area contributed by atoms with Crippen LogP contribution in [-0.2, 0) is 11.2 Å². The number of halogens is 1. The Kier molecular flexibility index (Phi) is 7.05. The zero-order chi connectivity index (χ0) is 21.7. The third kappa shape index (κ3) is 4.31. The average Bonchev–Trinajstić information content (AvgIpc) is 2.80. The van der Waals surface area contributed by atoms with E-state index in [9.17, 15) is 9.59 Å². The molecule has 1 aliphatic rings. The van der Waals surface area contributed by atoms with Crippen LogP contribution in [0.3, 0.4) is 0 Å². The summed E-state index contributed by atoms with van der Waals surface area (Å²) in [7, 11) is 4.49. The van der Waals surface area contributed by atoms with Crippen LogP contribution in [0.5, 0.6) is 17.2 Å². The summed E-state index contributed by atoms with van der Waals surface area (Å²) in [6.45, 7) is 0.822. The van der Waals surface area contributed by atoms with Gasteiger partial charge in [0.05, 0.1) is 27.4 Å². The smallest absolute Gasteiger partial charge is 0.251 e.